The number of esters is 1. The number of aliphatic hydroxyl groups is 4. The van der Waals surface area contributed by atoms with Crippen molar-refractivity contribution in [1.29, 1.82) is 0 Å². The first-order chi connectivity index (χ1) is 24.0. The molecule has 0 bridgehead atoms. The first kappa shape index (κ1) is 38.4. The first-order valence-corrected chi connectivity index (χ1v) is 20.5. The third-order valence-electron chi connectivity index (χ3n) is 14.6. The summed E-state index contributed by atoms with van der Waals surface area (Å²) in [4.78, 5) is 17.1. The molecule has 0 aromatic rings. The van der Waals surface area contributed by atoms with E-state index in [1.54, 1.807) is 13.0 Å². The van der Waals surface area contributed by atoms with Crippen molar-refractivity contribution in [2.45, 2.75) is 191 Å². The number of fused-ring (bicyclic) bond motifs is 5. The second-order valence-electron chi connectivity index (χ2n) is 17.4. The molecule has 1 saturated heterocycles. The predicted molar refractivity (Wildman–Crippen MR) is 193 cm³/mol. The number of aliphatic hydroxyl groups excluding tert-OH is 2. The Bertz CT molecular complexity index is 1210. The Morgan fingerprint density at radius 2 is 1.62 bits per heavy atom. The highest BCUT2D eigenvalue weighted by Crippen LogP contribution is 2.70. The standard InChI is InChI=1S/C41H67NO8/c1-4-5-6-7-8-9-10-11-12-13-22-42-27-39-19-14-30(50-36-24-34(43)37(45)28(2)49-36)25-40(39,46)20-16-33-32(39)15-18-38(3)31(17-21-41(33,38)47)29-23-35(44)48-26-29/h23,27-28,30-34,36-37,43,45-47H,4-22,24-26H2,1-3H3/t28?,30?,31-,32-,33?,34?,36?,37?,38+,39-,40?,41?/m0/s1. The Hall–Kier alpha value is -1.36. The molecule has 4 saturated carbocycles. The van der Waals surface area contributed by atoms with E-state index in [2.05, 4.69) is 20.1 Å². The summed E-state index contributed by atoms with van der Waals surface area (Å²) >= 11 is 0. The number of aliphatic imine (C=N–C) groups is 1. The Morgan fingerprint density at radius 1 is 0.920 bits per heavy atom. The van der Waals surface area contributed by atoms with E-state index in [0.717, 1.165) is 50.6 Å². The van der Waals surface area contributed by atoms with Gasteiger partial charge in [0.15, 0.2) is 6.29 Å². The van der Waals surface area contributed by atoms with Crippen LogP contribution in [-0.4, -0.2) is 87.7 Å². The monoisotopic (exact) mass is 701 g/mol. The van der Waals surface area contributed by atoms with Gasteiger partial charge in [0.25, 0.3) is 0 Å². The van der Waals surface area contributed by atoms with Crippen molar-refractivity contribution < 1.29 is 39.4 Å². The van der Waals surface area contributed by atoms with Gasteiger partial charge in [-0.25, -0.2) is 4.79 Å². The summed E-state index contributed by atoms with van der Waals surface area (Å²) in [5.74, 6) is -0.0252. The summed E-state index contributed by atoms with van der Waals surface area (Å²) < 4.78 is 17.7. The quantitative estimate of drug-likeness (QED) is 0.0651. The average molecular weight is 702 g/mol. The molecule has 0 aromatic carbocycles. The number of unbranched alkanes of at least 4 members (excludes halogenated alkanes) is 9. The lowest BCUT2D eigenvalue weighted by Crippen LogP contribution is -2.69. The summed E-state index contributed by atoms with van der Waals surface area (Å²) in [6.45, 7) is 7.33. The molecule has 0 aromatic heterocycles. The van der Waals surface area contributed by atoms with Gasteiger partial charge in [0.1, 0.15) is 12.7 Å². The van der Waals surface area contributed by atoms with Gasteiger partial charge < -0.3 is 34.6 Å². The maximum absolute atomic E-state index is 12.8. The van der Waals surface area contributed by atoms with Crippen LogP contribution in [0.3, 0.4) is 0 Å². The molecular formula is C41H67NO8. The molecule has 9 nitrogen and oxygen atoms in total. The van der Waals surface area contributed by atoms with Crippen LogP contribution in [0.4, 0.5) is 0 Å². The molecule has 50 heavy (non-hydrogen) atoms. The number of hydrogen-bond donors (Lipinski definition) is 4. The van der Waals surface area contributed by atoms with E-state index >= 15 is 0 Å². The van der Waals surface area contributed by atoms with Crippen LogP contribution in [0.15, 0.2) is 16.6 Å². The van der Waals surface area contributed by atoms with Crippen molar-refractivity contribution in [3.63, 3.8) is 0 Å². The minimum absolute atomic E-state index is 0.0329. The predicted octanol–water partition coefficient (Wildman–Crippen LogP) is 6.57. The topological polar surface area (TPSA) is 138 Å². The number of carbonyl (C=O) groups is 1. The lowest BCUT2D eigenvalue weighted by molar-refractivity contribution is -0.282. The number of ether oxygens (including phenoxy) is 3. The molecule has 0 radical (unpaired) electrons. The van der Waals surface area contributed by atoms with Crippen LogP contribution < -0.4 is 0 Å². The fraction of sp³-hybridized carbons (Fsp3) is 0.902. The Kier molecular flexibility index (Phi) is 12.2. The molecule has 4 N–H and O–H groups in total. The van der Waals surface area contributed by atoms with Crippen LogP contribution in [0.25, 0.3) is 0 Å². The van der Waals surface area contributed by atoms with Gasteiger partial charge in [-0.15, -0.1) is 0 Å². The van der Waals surface area contributed by atoms with Crippen LogP contribution in [-0.2, 0) is 19.0 Å². The molecule has 0 spiro atoms. The summed E-state index contributed by atoms with van der Waals surface area (Å²) in [5.41, 5.74) is -1.80. The number of rotatable bonds is 15. The van der Waals surface area contributed by atoms with Gasteiger partial charge in [-0.2, -0.15) is 0 Å². The molecule has 284 valence electrons. The molecule has 9 heteroatoms. The number of nitrogens with zero attached hydrogens (tertiary/aromatic N) is 1. The molecule has 5 fully saturated rings. The first-order valence-electron chi connectivity index (χ1n) is 20.5. The van der Waals surface area contributed by atoms with Crippen LogP contribution >= 0.6 is 0 Å². The van der Waals surface area contributed by atoms with Gasteiger partial charge in [0.05, 0.1) is 29.5 Å². The second-order valence-corrected chi connectivity index (χ2v) is 17.4. The second kappa shape index (κ2) is 15.9. The van der Waals surface area contributed by atoms with Gasteiger partial charge in [-0.05, 0) is 88.0 Å². The third-order valence-corrected chi connectivity index (χ3v) is 14.6. The van der Waals surface area contributed by atoms with Crippen LogP contribution in [0.5, 0.6) is 0 Å². The molecule has 12 atom stereocenters. The van der Waals surface area contributed by atoms with E-state index in [-0.39, 0.29) is 41.7 Å². The van der Waals surface area contributed by atoms with Crippen molar-refractivity contribution in [2.24, 2.45) is 33.6 Å². The molecule has 6 aliphatic rings. The van der Waals surface area contributed by atoms with E-state index in [4.69, 9.17) is 19.2 Å². The molecule has 8 unspecified atom stereocenters. The van der Waals surface area contributed by atoms with Crippen molar-refractivity contribution >= 4 is 12.2 Å². The number of cyclic esters (lactones) is 1. The molecular weight excluding hydrogens is 634 g/mol. The summed E-state index contributed by atoms with van der Waals surface area (Å²) in [6.07, 6.45) is 20.0. The Morgan fingerprint density at radius 3 is 2.30 bits per heavy atom. The number of carbonyl (C=O) groups excluding carboxylic acids is 1. The summed E-state index contributed by atoms with van der Waals surface area (Å²) in [7, 11) is 0. The minimum Gasteiger partial charge on any atom is -0.458 e. The largest absolute Gasteiger partial charge is 0.458 e. The van der Waals surface area contributed by atoms with Crippen LogP contribution in [0.2, 0.25) is 0 Å². The summed E-state index contributed by atoms with van der Waals surface area (Å²) in [6, 6.07) is 0. The van der Waals surface area contributed by atoms with E-state index in [1.807, 2.05) is 0 Å². The molecule has 6 rings (SSSR count). The van der Waals surface area contributed by atoms with Crippen molar-refractivity contribution in [3.8, 4) is 0 Å². The summed E-state index contributed by atoms with van der Waals surface area (Å²) in [5, 5.41) is 46.2. The molecule has 4 aliphatic carbocycles. The zero-order chi connectivity index (χ0) is 35.6. The van der Waals surface area contributed by atoms with Crippen LogP contribution in [0, 0.1) is 28.6 Å². The minimum atomic E-state index is -1.03. The molecule has 2 aliphatic heterocycles. The molecule has 2 heterocycles. The SMILES string of the molecule is CCCCCCCCCCCCN=C[C@]12CCC(OC3CC(O)C(O)C(C)O3)CC1(O)CCC1[C@@H]2CC[C@]2(C)[C@H](C3=CC(=O)OC3)CCC12O. The maximum Gasteiger partial charge on any atom is 0.331 e. The fourth-order valence-corrected chi connectivity index (χ4v) is 11.7. The van der Waals surface area contributed by atoms with Crippen LogP contribution in [0.1, 0.15) is 149 Å². The fourth-order valence-electron chi connectivity index (χ4n) is 11.7. The molecule has 0 amide bonds. The van der Waals surface area contributed by atoms with Gasteiger partial charge in [0, 0.05) is 42.5 Å². The van der Waals surface area contributed by atoms with Gasteiger partial charge in [-0.3, -0.25) is 4.99 Å². The highest BCUT2D eigenvalue weighted by Gasteiger charge is 2.71. The zero-order valence-electron chi connectivity index (χ0n) is 31.2. The lowest BCUT2D eigenvalue weighted by atomic mass is 9.41. The zero-order valence-corrected chi connectivity index (χ0v) is 31.2. The van der Waals surface area contributed by atoms with E-state index in [1.165, 1.54) is 57.8 Å². The van der Waals surface area contributed by atoms with Crippen molar-refractivity contribution in [3.05, 3.63) is 11.6 Å². The Balaban J connectivity index is 1.15. The van der Waals surface area contributed by atoms with Gasteiger partial charge in [0.2, 0.25) is 0 Å². The van der Waals surface area contributed by atoms with E-state index < -0.39 is 41.2 Å². The normalized spacial score (nSPS) is 44.5. The van der Waals surface area contributed by atoms with Gasteiger partial charge >= 0.3 is 5.97 Å². The maximum atomic E-state index is 12.8. The number of hydrogen-bond acceptors (Lipinski definition) is 9. The Labute approximate surface area is 300 Å². The third kappa shape index (κ3) is 7.26. The highest BCUT2D eigenvalue weighted by molar-refractivity contribution is 5.85. The van der Waals surface area contributed by atoms with Crippen molar-refractivity contribution in [1.82, 2.24) is 0 Å². The highest BCUT2D eigenvalue weighted by atomic mass is 16.7. The van der Waals surface area contributed by atoms with E-state index in [9.17, 15) is 25.2 Å². The van der Waals surface area contributed by atoms with Crippen molar-refractivity contribution in [2.75, 3.05) is 13.2 Å². The van der Waals surface area contributed by atoms with E-state index in [0.29, 0.717) is 32.3 Å². The van der Waals surface area contributed by atoms with Gasteiger partial charge in [-0.1, -0.05) is 71.6 Å². The average Bonchev–Trinajstić information content (AvgIpc) is 3.63. The smallest absolute Gasteiger partial charge is 0.331 e. The lowest BCUT2D eigenvalue weighted by Gasteiger charge is -2.66.